The van der Waals surface area contributed by atoms with Gasteiger partial charge in [-0.25, -0.2) is 24.9 Å². The molecule has 0 radical (unpaired) electrons. The Labute approximate surface area is 168 Å². The number of pyridine rings is 1. The number of hydrogen-bond donors (Lipinski definition) is 2. The molecule has 5 rings (SSSR count). The molecule has 5 aromatic rings. The fourth-order valence-electron chi connectivity index (χ4n) is 3.18. The second-order valence-electron chi connectivity index (χ2n) is 6.26. The molecule has 4 heterocycles. The number of rotatable bonds is 4. The van der Waals surface area contributed by atoms with Crippen LogP contribution in [0.3, 0.4) is 0 Å². The van der Waals surface area contributed by atoms with Crippen LogP contribution in [0.15, 0.2) is 48.5 Å². The molecule has 0 saturated carbocycles. The molecule has 0 spiro atoms. The molecule has 0 fully saturated rings. The van der Waals surface area contributed by atoms with Gasteiger partial charge in [-0.3, -0.25) is 0 Å². The Kier molecular flexibility index (Phi) is 4.14. The largest absolute Gasteiger partial charge is 0.362 e. The topological polar surface area (TPSA) is 92.3 Å². The molecule has 4 aromatic heterocycles. The molecule has 0 aliphatic carbocycles. The van der Waals surface area contributed by atoms with Crippen molar-refractivity contribution < 1.29 is 0 Å². The fraction of sp³-hybridized carbons (Fsp3) is 0.105. The molecular formula is C19H14ClN7S. The summed E-state index contributed by atoms with van der Waals surface area (Å²) in [5.41, 5.74) is 3.97. The van der Waals surface area contributed by atoms with Gasteiger partial charge in [0.05, 0.1) is 22.9 Å². The zero-order valence-corrected chi connectivity index (χ0v) is 16.3. The lowest BCUT2D eigenvalue weighted by molar-refractivity contribution is 0.873. The molecule has 28 heavy (non-hydrogen) atoms. The third-order valence-corrected chi connectivity index (χ3v) is 5.59. The summed E-state index contributed by atoms with van der Waals surface area (Å²) < 4.78 is 0. The number of halogens is 1. The summed E-state index contributed by atoms with van der Waals surface area (Å²) in [6.07, 6.45) is 4.88. The van der Waals surface area contributed by atoms with Gasteiger partial charge in [0, 0.05) is 22.5 Å². The zero-order valence-electron chi connectivity index (χ0n) is 14.7. The molecule has 7 nitrogen and oxygen atoms in total. The highest BCUT2D eigenvalue weighted by molar-refractivity contribution is 7.13. The standard InChI is InChI=1S/C19H14ClN7S/c1-10(26-18-16-17(23-8-22-16)24-9-25-18)12-7-11-3-2-4-13(20)14(11)27-15(12)19-21-5-6-28-19/h2-10H,1H3,(H2,22,23,24,25,26). The van der Waals surface area contributed by atoms with Crippen molar-refractivity contribution in [2.75, 3.05) is 5.32 Å². The third-order valence-electron chi connectivity index (χ3n) is 4.50. The van der Waals surface area contributed by atoms with Gasteiger partial charge in [0.1, 0.15) is 22.5 Å². The average Bonchev–Trinajstić information content (AvgIpc) is 3.40. The van der Waals surface area contributed by atoms with Crippen molar-refractivity contribution >= 4 is 50.8 Å². The minimum absolute atomic E-state index is 0.0869. The van der Waals surface area contributed by atoms with Crippen LogP contribution in [-0.2, 0) is 0 Å². The van der Waals surface area contributed by atoms with Crippen molar-refractivity contribution in [2.24, 2.45) is 0 Å². The number of benzene rings is 1. The SMILES string of the molecule is CC(Nc1ncnc2nc[nH]c12)c1cc2cccc(Cl)c2nc1-c1nccs1. The van der Waals surface area contributed by atoms with E-state index in [1.54, 1.807) is 23.9 Å². The molecule has 138 valence electrons. The Morgan fingerprint density at radius 1 is 1.18 bits per heavy atom. The minimum atomic E-state index is -0.0869. The van der Waals surface area contributed by atoms with Gasteiger partial charge >= 0.3 is 0 Å². The zero-order chi connectivity index (χ0) is 19.1. The van der Waals surface area contributed by atoms with Crippen molar-refractivity contribution in [3.63, 3.8) is 0 Å². The van der Waals surface area contributed by atoms with E-state index >= 15 is 0 Å². The van der Waals surface area contributed by atoms with Crippen LogP contribution in [-0.4, -0.2) is 29.9 Å². The number of thiazole rings is 1. The normalized spacial score (nSPS) is 12.5. The summed E-state index contributed by atoms with van der Waals surface area (Å²) in [6, 6.07) is 7.80. The summed E-state index contributed by atoms with van der Waals surface area (Å²) in [5.74, 6) is 0.686. The van der Waals surface area contributed by atoms with Crippen LogP contribution in [0.2, 0.25) is 5.02 Å². The predicted molar refractivity (Wildman–Crippen MR) is 112 cm³/mol. The number of nitrogens with zero attached hydrogens (tertiary/aromatic N) is 5. The highest BCUT2D eigenvalue weighted by Crippen LogP contribution is 2.34. The predicted octanol–water partition coefficient (Wildman–Crippen LogP) is 4.85. The van der Waals surface area contributed by atoms with E-state index in [1.165, 1.54) is 6.33 Å². The van der Waals surface area contributed by atoms with Gasteiger partial charge in [0.15, 0.2) is 11.5 Å². The summed E-state index contributed by atoms with van der Waals surface area (Å²) in [6.45, 7) is 2.06. The number of H-pyrrole nitrogens is 1. The van der Waals surface area contributed by atoms with E-state index in [0.717, 1.165) is 32.7 Å². The van der Waals surface area contributed by atoms with Crippen LogP contribution in [0.5, 0.6) is 0 Å². The van der Waals surface area contributed by atoms with Gasteiger partial charge in [0.2, 0.25) is 0 Å². The first-order valence-corrected chi connectivity index (χ1v) is 9.86. The van der Waals surface area contributed by atoms with Crippen LogP contribution >= 0.6 is 22.9 Å². The molecule has 0 bridgehead atoms. The maximum absolute atomic E-state index is 6.38. The van der Waals surface area contributed by atoms with Gasteiger partial charge in [-0.1, -0.05) is 23.7 Å². The molecule has 1 aromatic carbocycles. The Hall–Kier alpha value is -3.10. The molecule has 1 atom stereocenters. The Morgan fingerprint density at radius 3 is 2.96 bits per heavy atom. The van der Waals surface area contributed by atoms with Gasteiger partial charge < -0.3 is 10.3 Å². The first-order valence-electron chi connectivity index (χ1n) is 8.60. The molecule has 0 aliphatic heterocycles. The maximum atomic E-state index is 6.38. The first-order chi connectivity index (χ1) is 13.7. The van der Waals surface area contributed by atoms with Crippen molar-refractivity contribution in [3.8, 4) is 10.7 Å². The Bertz CT molecular complexity index is 1280. The molecule has 0 amide bonds. The third kappa shape index (κ3) is 2.87. The first kappa shape index (κ1) is 17.0. The van der Waals surface area contributed by atoms with Gasteiger partial charge in [-0.15, -0.1) is 11.3 Å². The molecule has 2 N–H and O–H groups in total. The lowest BCUT2D eigenvalue weighted by Gasteiger charge is -2.18. The van der Waals surface area contributed by atoms with E-state index < -0.39 is 0 Å². The molecule has 0 saturated heterocycles. The summed E-state index contributed by atoms with van der Waals surface area (Å²) in [4.78, 5) is 25.1. The van der Waals surface area contributed by atoms with E-state index in [2.05, 4.69) is 43.2 Å². The van der Waals surface area contributed by atoms with Crippen LogP contribution in [0.4, 0.5) is 5.82 Å². The number of hydrogen-bond acceptors (Lipinski definition) is 7. The molecule has 9 heteroatoms. The summed E-state index contributed by atoms with van der Waals surface area (Å²) in [5, 5.41) is 7.84. The number of fused-ring (bicyclic) bond motifs is 2. The second kappa shape index (κ2) is 6.81. The highest BCUT2D eigenvalue weighted by Gasteiger charge is 2.19. The lowest BCUT2D eigenvalue weighted by Crippen LogP contribution is -2.11. The van der Waals surface area contributed by atoms with E-state index in [4.69, 9.17) is 16.6 Å². The summed E-state index contributed by atoms with van der Waals surface area (Å²) in [7, 11) is 0. The van der Waals surface area contributed by atoms with E-state index in [-0.39, 0.29) is 6.04 Å². The van der Waals surface area contributed by atoms with E-state index in [9.17, 15) is 0 Å². The van der Waals surface area contributed by atoms with E-state index in [0.29, 0.717) is 16.5 Å². The van der Waals surface area contributed by atoms with Crippen LogP contribution in [0.25, 0.3) is 32.8 Å². The number of para-hydroxylation sites is 1. The van der Waals surface area contributed by atoms with Crippen molar-refractivity contribution in [3.05, 3.63) is 59.1 Å². The number of aromatic nitrogens is 6. The summed E-state index contributed by atoms with van der Waals surface area (Å²) >= 11 is 7.93. The number of imidazole rings is 1. The Balaban J connectivity index is 1.64. The van der Waals surface area contributed by atoms with Crippen LogP contribution in [0.1, 0.15) is 18.5 Å². The van der Waals surface area contributed by atoms with E-state index in [1.807, 2.05) is 23.6 Å². The van der Waals surface area contributed by atoms with Crippen LogP contribution in [0, 0.1) is 0 Å². The lowest BCUT2D eigenvalue weighted by atomic mass is 10.0. The number of anilines is 1. The second-order valence-corrected chi connectivity index (χ2v) is 7.57. The van der Waals surface area contributed by atoms with Crippen molar-refractivity contribution in [1.82, 2.24) is 29.9 Å². The number of aromatic amines is 1. The quantitative estimate of drug-likeness (QED) is 0.442. The van der Waals surface area contributed by atoms with Crippen LogP contribution < -0.4 is 5.32 Å². The average molecular weight is 408 g/mol. The minimum Gasteiger partial charge on any atom is -0.362 e. The van der Waals surface area contributed by atoms with Gasteiger partial charge in [-0.05, 0) is 19.1 Å². The molecular weight excluding hydrogens is 394 g/mol. The monoisotopic (exact) mass is 407 g/mol. The highest BCUT2D eigenvalue weighted by atomic mass is 35.5. The van der Waals surface area contributed by atoms with Crippen molar-refractivity contribution in [1.29, 1.82) is 0 Å². The molecule has 1 unspecified atom stereocenters. The smallest absolute Gasteiger partial charge is 0.182 e. The fourth-order valence-corrected chi connectivity index (χ4v) is 4.05. The van der Waals surface area contributed by atoms with Gasteiger partial charge in [0.25, 0.3) is 0 Å². The maximum Gasteiger partial charge on any atom is 0.182 e. The number of nitrogens with one attached hydrogen (secondary N) is 2. The Morgan fingerprint density at radius 2 is 2.11 bits per heavy atom. The van der Waals surface area contributed by atoms with Gasteiger partial charge in [-0.2, -0.15) is 0 Å². The molecule has 0 aliphatic rings. The van der Waals surface area contributed by atoms with Crippen molar-refractivity contribution in [2.45, 2.75) is 13.0 Å².